The van der Waals surface area contributed by atoms with E-state index in [9.17, 15) is 9.90 Å². The first kappa shape index (κ1) is 21.8. The number of para-hydroxylation sites is 1. The number of carbonyl (C=O) groups excluding carboxylic acids is 1. The van der Waals surface area contributed by atoms with E-state index in [2.05, 4.69) is 22.2 Å². The maximum Gasteiger partial charge on any atom is 0.262 e. The SMILES string of the molecule is CC(Oc1cccc2c(C[C@@H](C)NC[C@@H](O)c3cccnc3)c[nH]c12)C(=O)N(C)C. The van der Waals surface area contributed by atoms with E-state index in [4.69, 9.17) is 4.74 Å². The van der Waals surface area contributed by atoms with Gasteiger partial charge in [0.05, 0.1) is 11.6 Å². The predicted molar refractivity (Wildman–Crippen MR) is 117 cm³/mol. The first-order chi connectivity index (χ1) is 14.4. The van der Waals surface area contributed by atoms with Gasteiger partial charge in [0.1, 0.15) is 5.75 Å². The highest BCUT2D eigenvalue weighted by Gasteiger charge is 2.19. The second-order valence-corrected chi connectivity index (χ2v) is 7.80. The molecule has 0 bridgehead atoms. The largest absolute Gasteiger partial charge is 0.479 e. The molecular formula is C23H30N4O3. The predicted octanol–water partition coefficient (Wildman–Crippen LogP) is 2.67. The molecule has 1 amide bonds. The molecule has 2 heterocycles. The number of fused-ring (bicyclic) bond motifs is 1. The van der Waals surface area contributed by atoms with Gasteiger partial charge in [0.25, 0.3) is 5.91 Å². The van der Waals surface area contributed by atoms with Gasteiger partial charge in [-0.15, -0.1) is 0 Å². The number of rotatable bonds is 9. The monoisotopic (exact) mass is 410 g/mol. The standard InChI is InChI=1S/C23H30N4O3/c1-15(25-14-20(28)17-7-6-10-24-12-17)11-18-13-26-22-19(18)8-5-9-21(22)30-16(2)23(29)27(3)4/h5-10,12-13,15-16,20,25-26,28H,11,14H2,1-4H3/t15-,16?,20-/m1/s1. The number of ether oxygens (including phenoxy) is 1. The van der Waals surface area contributed by atoms with E-state index in [0.29, 0.717) is 12.3 Å². The van der Waals surface area contributed by atoms with Gasteiger partial charge < -0.3 is 25.0 Å². The average molecular weight is 411 g/mol. The lowest BCUT2D eigenvalue weighted by Gasteiger charge is -2.19. The molecule has 7 heteroatoms. The number of amides is 1. The molecule has 0 spiro atoms. The Morgan fingerprint density at radius 1 is 1.27 bits per heavy atom. The van der Waals surface area contributed by atoms with Crippen LogP contribution in [0.15, 0.2) is 48.9 Å². The first-order valence-corrected chi connectivity index (χ1v) is 10.1. The summed E-state index contributed by atoms with van der Waals surface area (Å²) in [6.07, 6.45) is 4.98. The van der Waals surface area contributed by atoms with Crippen LogP contribution in [0.25, 0.3) is 10.9 Å². The minimum atomic E-state index is -0.597. The number of aliphatic hydroxyl groups is 1. The highest BCUT2D eigenvalue weighted by Crippen LogP contribution is 2.29. The quantitative estimate of drug-likeness (QED) is 0.505. The van der Waals surface area contributed by atoms with Gasteiger partial charge in [-0.25, -0.2) is 0 Å². The number of aromatic nitrogens is 2. The van der Waals surface area contributed by atoms with Crippen LogP contribution in [-0.4, -0.2) is 58.7 Å². The Hall–Kier alpha value is -2.90. The molecule has 3 atom stereocenters. The minimum Gasteiger partial charge on any atom is -0.479 e. The van der Waals surface area contributed by atoms with E-state index in [1.807, 2.05) is 36.5 Å². The Morgan fingerprint density at radius 2 is 2.07 bits per heavy atom. The maximum atomic E-state index is 12.1. The molecule has 30 heavy (non-hydrogen) atoms. The molecule has 0 saturated carbocycles. The van der Waals surface area contributed by atoms with Crippen molar-refractivity contribution >= 4 is 16.8 Å². The fraction of sp³-hybridized carbons (Fsp3) is 0.391. The third-order valence-electron chi connectivity index (χ3n) is 5.11. The summed E-state index contributed by atoms with van der Waals surface area (Å²) in [6.45, 7) is 4.30. The number of hydrogen-bond donors (Lipinski definition) is 3. The molecule has 0 radical (unpaired) electrons. The van der Waals surface area contributed by atoms with E-state index in [1.165, 1.54) is 4.90 Å². The zero-order valence-corrected chi connectivity index (χ0v) is 17.9. The molecule has 0 fully saturated rings. The molecule has 0 aliphatic rings. The number of nitrogens with one attached hydrogen (secondary N) is 2. The lowest BCUT2D eigenvalue weighted by molar-refractivity contribution is -0.135. The van der Waals surface area contributed by atoms with Gasteiger partial charge in [-0.2, -0.15) is 0 Å². The van der Waals surface area contributed by atoms with Crippen molar-refractivity contribution in [1.29, 1.82) is 0 Å². The normalized spacial score (nSPS) is 14.3. The van der Waals surface area contributed by atoms with E-state index in [1.54, 1.807) is 33.4 Å². The lowest BCUT2D eigenvalue weighted by Crippen LogP contribution is -2.35. The molecule has 2 aromatic heterocycles. The summed E-state index contributed by atoms with van der Waals surface area (Å²) in [5.74, 6) is 0.581. The van der Waals surface area contributed by atoms with Gasteiger partial charge >= 0.3 is 0 Å². The van der Waals surface area contributed by atoms with E-state index < -0.39 is 12.2 Å². The number of likely N-dealkylation sites (N-methyl/N-ethyl adjacent to an activating group) is 1. The van der Waals surface area contributed by atoms with Crippen LogP contribution in [0.3, 0.4) is 0 Å². The van der Waals surface area contributed by atoms with Gasteiger partial charge in [0, 0.05) is 56.2 Å². The summed E-state index contributed by atoms with van der Waals surface area (Å²) in [4.78, 5) is 21.0. The van der Waals surface area contributed by atoms with Crippen molar-refractivity contribution in [3.05, 3.63) is 60.0 Å². The van der Waals surface area contributed by atoms with Crippen molar-refractivity contribution in [3.8, 4) is 5.75 Å². The molecule has 7 nitrogen and oxygen atoms in total. The van der Waals surface area contributed by atoms with Crippen molar-refractivity contribution in [2.45, 2.75) is 38.5 Å². The number of H-pyrrole nitrogens is 1. The van der Waals surface area contributed by atoms with Crippen LogP contribution in [0.5, 0.6) is 5.75 Å². The fourth-order valence-corrected chi connectivity index (χ4v) is 3.46. The molecule has 0 saturated heterocycles. The number of aliphatic hydroxyl groups excluding tert-OH is 1. The van der Waals surface area contributed by atoms with Gasteiger partial charge in [-0.05, 0) is 38.0 Å². The summed E-state index contributed by atoms with van der Waals surface area (Å²) in [5, 5.41) is 14.8. The third kappa shape index (κ3) is 5.17. The maximum absolute atomic E-state index is 12.1. The van der Waals surface area contributed by atoms with Crippen LogP contribution >= 0.6 is 0 Å². The van der Waals surface area contributed by atoms with Gasteiger partial charge in [0.15, 0.2) is 6.10 Å². The number of nitrogens with zero attached hydrogens (tertiary/aromatic N) is 2. The number of hydrogen-bond acceptors (Lipinski definition) is 5. The average Bonchev–Trinajstić information content (AvgIpc) is 3.15. The fourth-order valence-electron chi connectivity index (χ4n) is 3.46. The second-order valence-electron chi connectivity index (χ2n) is 7.80. The van der Waals surface area contributed by atoms with Crippen LogP contribution in [0.4, 0.5) is 0 Å². The Balaban J connectivity index is 1.65. The van der Waals surface area contributed by atoms with E-state index in [0.717, 1.165) is 28.5 Å². The second kappa shape index (κ2) is 9.73. The summed E-state index contributed by atoms with van der Waals surface area (Å²) < 4.78 is 5.92. The molecule has 160 valence electrons. The van der Waals surface area contributed by atoms with Crippen LogP contribution in [0, 0.1) is 0 Å². The Kier molecular flexibility index (Phi) is 7.07. The van der Waals surface area contributed by atoms with Crippen molar-refractivity contribution in [3.63, 3.8) is 0 Å². The Labute approximate surface area is 177 Å². The molecule has 1 aromatic carbocycles. The van der Waals surface area contributed by atoms with Crippen LogP contribution < -0.4 is 10.1 Å². The zero-order valence-electron chi connectivity index (χ0n) is 17.9. The molecule has 3 rings (SSSR count). The van der Waals surface area contributed by atoms with Gasteiger partial charge in [-0.1, -0.05) is 18.2 Å². The minimum absolute atomic E-state index is 0.0798. The topological polar surface area (TPSA) is 90.5 Å². The molecule has 1 unspecified atom stereocenters. The number of carbonyl (C=O) groups is 1. The smallest absolute Gasteiger partial charge is 0.262 e. The van der Waals surface area contributed by atoms with Crippen molar-refractivity contribution in [2.24, 2.45) is 0 Å². The number of pyridine rings is 1. The van der Waals surface area contributed by atoms with Crippen molar-refractivity contribution < 1.29 is 14.6 Å². The van der Waals surface area contributed by atoms with Crippen LogP contribution in [-0.2, 0) is 11.2 Å². The summed E-state index contributed by atoms with van der Waals surface area (Å²) in [6, 6.07) is 9.70. The third-order valence-corrected chi connectivity index (χ3v) is 5.11. The molecular weight excluding hydrogens is 380 g/mol. The summed E-state index contributed by atoms with van der Waals surface area (Å²) in [5.41, 5.74) is 2.83. The van der Waals surface area contributed by atoms with Crippen LogP contribution in [0.1, 0.15) is 31.1 Å². The molecule has 3 N–H and O–H groups in total. The van der Waals surface area contributed by atoms with E-state index >= 15 is 0 Å². The number of benzene rings is 1. The Morgan fingerprint density at radius 3 is 2.77 bits per heavy atom. The van der Waals surface area contributed by atoms with Crippen LogP contribution in [0.2, 0.25) is 0 Å². The molecule has 0 aliphatic carbocycles. The molecule has 0 aliphatic heterocycles. The Bertz CT molecular complexity index is 971. The highest BCUT2D eigenvalue weighted by atomic mass is 16.5. The number of aromatic amines is 1. The van der Waals surface area contributed by atoms with Gasteiger partial charge in [-0.3, -0.25) is 9.78 Å². The van der Waals surface area contributed by atoms with Crippen molar-refractivity contribution in [2.75, 3.05) is 20.6 Å². The molecule has 3 aromatic rings. The van der Waals surface area contributed by atoms with E-state index in [-0.39, 0.29) is 11.9 Å². The lowest BCUT2D eigenvalue weighted by atomic mass is 10.1. The first-order valence-electron chi connectivity index (χ1n) is 10.1. The highest BCUT2D eigenvalue weighted by molar-refractivity contribution is 5.89. The summed E-state index contributed by atoms with van der Waals surface area (Å²) >= 11 is 0. The summed E-state index contributed by atoms with van der Waals surface area (Å²) in [7, 11) is 3.43. The van der Waals surface area contributed by atoms with Gasteiger partial charge in [0.2, 0.25) is 0 Å². The van der Waals surface area contributed by atoms with Crippen molar-refractivity contribution in [1.82, 2.24) is 20.2 Å². The zero-order chi connectivity index (χ0) is 21.7.